The van der Waals surface area contributed by atoms with Crippen LogP contribution in [0.2, 0.25) is 0 Å². The molecule has 0 aliphatic heterocycles. The van der Waals surface area contributed by atoms with Crippen LogP contribution in [-0.2, 0) is 4.84 Å². The smallest absolute Gasteiger partial charge is 0.155 e. The predicted molar refractivity (Wildman–Crippen MR) is 133 cm³/mol. The zero-order valence-corrected chi connectivity index (χ0v) is 21.1. The summed E-state index contributed by atoms with van der Waals surface area (Å²) >= 11 is 3.39. The number of nitrogens with zero attached hydrogens (tertiary/aromatic N) is 1. The fourth-order valence-corrected chi connectivity index (χ4v) is 2.75. The highest BCUT2D eigenvalue weighted by molar-refractivity contribution is 9.10. The van der Waals surface area contributed by atoms with Crippen molar-refractivity contribution in [1.82, 2.24) is 0 Å². The normalized spacial score (nSPS) is 16.4. The maximum absolute atomic E-state index is 9.31. The summed E-state index contributed by atoms with van der Waals surface area (Å²) in [6.07, 6.45) is 5.59. The van der Waals surface area contributed by atoms with Gasteiger partial charge in [0, 0.05) is 10.2 Å². The quantitative estimate of drug-likeness (QED) is 0.175. The molecule has 0 spiro atoms. The van der Waals surface area contributed by atoms with Crippen LogP contribution in [0, 0.1) is 10.8 Å². The van der Waals surface area contributed by atoms with Gasteiger partial charge in [0.25, 0.3) is 0 Å². The number of anilines is 1. The first kappa shape index (κ1) is 26.0. The van der Waals surface area contributed by atoms with Crippen molar-refractivity contribution < 1.29 is 14.3 Å². The van der Waals surface area contributed by atoms with E-state index >= 15 is 0 Å². The molecule has 0 unspecified atom stereocenters. The third-order valence-electron chi connectivity index (χ3n) is 5.17. The molecule has 0 atom stereocenters. The summed E-state index contributed by atoms with van der Waals surface area (Å²) in [4.78, 5) is 13.5. The van der Waals surface area contributed by atoms with Gasteiger partial charge in [-0.25, -0.2) is 0 Å². The summed E-state index contributed by atoms with van der Waals surface area (Å²) < 4.78 is 12.6. The molecule has 2 saturated carbocycles. The Bertz CT molecular complexity index is 755. The first-order valence-corrected chi connectivity index (χ1v) is 11.9. The van der Waals surface area contributed by atoms with Crippen molar-refractivity contribution in [1.29, 1.82) is 0 Å². The minimum absolute atomic E-state index is 0.107. The maximum Gasteiger partial charge on any atom is 0.155 e. The highest BCUT2D eigenvalue weighted by atomic mass is 79.9. The van der Waals surface area contributed by atoms with Crippen molar-refractivity contribution in [3.05, 3.63) is 57.9 Å². The van der Waals surface area contributed by atoms with Crippen LogP contribution in [0.3, 0.4) is 0 Å². The van der Waals surface area contributed by atoms with Gasteiger partial charge in [0.2, 0.25) is 0 Å². The van der Waals surface area contributed by atoms with Gasteiger partial charge in [-0.3, -0.25) is 0 Å². The van der Waals surface area contributed by atoms with Crippen molar-refractivity contribution in [3.63, 3.8) is 0 Å². The van der Waals surface area contributed by atoms with E-state index in [0.717, 1.165) is 40.9 Å². The average molecular weight is 507 g/mol. The van der Waals surface area contributed by atoms with Crippen LogP contribution in [0.25, 0.3) is 0 Å². The van der Waals surface area contributed by atoms with Crippen molar-refractivity contribution in [2.45, 2.75) is 71.0 Å². The Balaban J connectivity index is 0.000000175. The summed E-state index contributed by atoms with van der Waals surface area (Å²) in [7, 11) is 0. The first-order valence-electron chi connectivity index (χ1n) is 11.1. The Labute approximate surface area is 199 Å². The van der Waals surface area contributed by atoms with Crippen LogP contribution >= 0.6 is 15.9 Å². The molecule has 2 N–H and O–H groups in total. The van der Waals surface area contributed by atoms with E-state index in [4.69, 9.17) is 15.2 Å². The molecule has 2 aromatic carbocycles. The molecule has 176 valence electrons. The number of halogens is 1. The molecular weight excluding hydrogens is 472 g/mol. The molecule has 0 heterocycles. The van der Waals surface area contributed by atoms with Gasteiger partial charge in [0.15, 0.2) is 5.34 Å². The number of ether oxygens (including phenoxy) is 2. The standard InChI is InChI=1S/C10H11BrO.C10H13NO.C5H11NO2/c2*1-10(6-7-10)12-9-4-2-8(11)3-5-9;1-5(2)3-4-8-6-7/h2-5H,6-7H2,1H3;2-5H,6-7,11H2,1H3;5H,3-4H2,1-2H3. The molecule has 0 bridgehead atoms. The average Bonchev–Trinajstić information content (AvgIpc) is 3.66. The molecule has 2 fully saturated rings. The van der Waals surface area contributed by atoms with Gasteiger partial charge < -0.3 is 20.0 Å². The van der Waals surface area contributed by atoms with E-state index in [0.29, 0.717) is 12.5 Å². The summed E-state index contributed by atoms with van der Waals surface area (Å²) in [5, 5.41) is 2.26. The number of rotatable bonds is 8. The Morgan fingerprint density at radius 2 is 1.34 bits per heavy atom. The Hall–Kier alpha value is -2.28. The highest BCUT2D eigenvalue weighted by Crippen LogP contribution is 2.40. The lowest BCUT2D eigenvalue weighted by molar-refractivity contribution is 0.128. The summed E-state index contributed by atoms with van der Waals surface area (Å²) in [6.45, 7) is 8.85. The van der Waals surface area contributed by atoms with E-state index in [-0.39, 0.29) is 11.2 Å². The monoisotopic (exact) mass is 506 g/mol. The molecule has 2 aliphatic rings. The molecule has 0 aromatic heterocycles. The topological polar surface area (TPSA) is 83.1 Å². The van der Waals surface area contributed by atoms with E-state index in [2.05, 4.69) is 53.8 Å². The lowest BCUT2D eigenvalue weighted by Crippen LogP contribution is -2.11. The van der Waals surface area contributed by atoms with Crippen molar-refractivity contribution in [3.8, 4) is 11.5 Å². The van der Waals surface area contributed by atoms with Crippen LogP contribution in [0.4, 0.5) is 5.69 Å². The van der Waals surface area contributed by atoms with Gasteiger partial charge in [0.1, 0.15) is 29.3 Å². The number of nitrogen functional groups attached to an aromatic ring is 1. The lowest BCUT2D eigenvalue weighted by Gasteiger charge is -2.12. The third-order valence-corrected chi connectivity index (χ3v) is 5.70. The molecular formula is C25H35BrN2O4. The van der Waals surface area contributed by atoms with E-state index < -0.39 is 0 Å². The number of hydrogen-bond donors (Lipinski definition) is 1. The molecule has 2 aromatic rings. The molecule has 2 aliphatic carbocycles. The van der Waals surface area contributed by atoms with Gasteiger partial charge in [-0.2, -0.15) is 0 Å². The van der Waals surface area contributed by atoms with Crippen molar-refractivity contribution in [2.24, 2.45) is 11.3 Å². The second-order valence-corrected chi connectivity index (χ2v) is 10.1. The Morgan fingerprint density at radius 1 is 0.906 bits per heavy atom. The highest BCUT2D eigenvalue weighted by Gasteiger charge is 2.40. The molecule has 0 saturated heterocycles. The SMILES string of the molecule is CC(C)CCON=O.CC1(Oc2ccc(Br)cc2)CC1.CC1(Oc2ccc(N)cc2)CC1. The largest absolute Gasteiger partial charge is 0.488 e. The zero-order valence-electron chi connectivity index (χ0n) is 19.5. The molecule has 6 nitrogen and oxygen atoms in total. The second-order valence-electron chi connectivity index (χ2n) is 9.22. The third kappa shape index (κ3) is 10.8. The minimum atomic E-state index is 0.107. The Morgan fingerprint density at radius 3 is 1.72 bits per heavy atom. The molecule has 4 rings (SSSR count). The number of hydrogen-bond acceptors (Lipinski definition) is 6. The van der Waals surface area contributed by atoms with E-state index in [1.807, 2.05) is 48.5 Å². The van der Waals surface area contributed by atoms with Gasteiger partial charge in [0.05, 0.1) is 0 Å². The van der Waals surface area contributed by atoms with Crippen molar-refractivity contribution in [2.75, 3.05) is 12.3 Å². The molecule has 0 amide bonds. The summed E-state index contributed by atoms with van der Waals surface area (Å²) in [5.41, 5.74) is 6.57. The van der Waals surface area contributed by atoms with E-state index in [1.165, 1.54) is 12.8 Å². The molecule has 0 radical (unpaired) electrons. The van der Waals surface area contributed by atoms with Crippen LogP contribution in [0.5, 0.6) is 11.5 Å². The molecule has 7 heteroatoms. The first-order chi connectivity index (χ1) is 15.1. The zero-order chi connectivity index (χ0) is 23.6. The predicted octanol–water partition coefficient (Wildman–Crippen LogP) is 7.31. The number of nitrogens with two attached hydrogens (primary N) is 1. The second kappa shape index (κ2) is 12.1. The molecule has 32 heavy (non-hydrogen) atoms. The van der Waals surface area contributed by atoms with Crippen LogP contribution < -0.4 is 15.2 Å². The van der Waals surface area contributed by atoms with Crippen LogP contribution in [-0.4, -0.2) is 17.8 Å². The minimum Gasteiger partial charge on any atom is -0.488 e. The van der Waals surface area contributed by atoms with Gasteiger partial charge in [-0.1, -0.05) is 29.8 Å². The van der Waals surface area contributed by atoms with Crippen molar-refractivity contribution >= 4 is 21.6 Å². The van der Waals surface area contributed by atoms with E-state index in [9.17, 15) is 4.91 Å². The summed E-state index contributed by atoms with van der Waals surface area (Å²) in [6, 6.07) is 15.5. The lowest BCUT2D eigenvalue weighted by atomic mass is 10.1. The van der Waals surface area contributed by atoms with Gasteiger partial charge >= 0.3 is 0 Å². The number of benzene rings is 2. The maximum atomic E-state index is 9.31. The summed E-state index contributed by atoms with van der Waals surface area (Å²) in [5.74, 6) is 2.47. The van der Waals surface area contributed by atoms with Crippen LogP contribution in [0.15, 0.2) is 58.3 Å². The fourth-order valence-electron chi connectivity index (χ4n) is 2.49. The van der Waals surface area contributed by atoms with Gasteiger partial charge in [-0.05, 0) is 100 Å². The van der Waals surface area contributed by atoms with Gasteiger partial charge in [-0.15, -0.1) is 4.91 Å². The van der Waals surface area contributed by atoms with E-state index in [1.54, 1.807) is 0 Å². The fraction of sp³-hybridized carbons (Fsp3) is 0.520. The van der Waals surface area contributed by atoms with Crippen LogP contribution in [0.1, 0.15) is 59.8 Å². The Kier molecular flexibility index (Phi) is 9.82.